The number of hydrogen-bond acceptors (Lipinski definition) is 5. The van der Waals surface area contributed by atoms with Gasteiger partial charge in [-0.3, -0.25) is 9.59 Å². The van der Waals surface area contributed by atoms with Crippen LogP contribution >= 0.6 is 0 Å². The highest BCUT2D eigenvalue weighted by Gasteiger charge is 2.39. The number of aliphatic hydroxyl groups is 1. The molecule has 1 N–H and O–H groups in total. The minimum atomic E-state index is -1.73. The zero-order valence-electron chi connectivity index (χ0n) is 7.20. The summed E-state index contributed by atoms with van der Waals surface area (Å²) in [6.45, 7) is 4.42. The number of rotatable bonds is 1. The fraction of sp³-hybridized carbons (Fsp3) is 0.500. The van der Waals surface area contributed by atoms with Crippen LogP contribution in [0.3, 0.4) is 0 Å². The molecular weight excluding hydrogens is 176 g/mol. The molecule has 0 aromatic heterocycles. The second kappa shape index (κ2) is 3.08. The first-order valence-electron chi connectivity index (χ1n) is 3.76. The first-order valence-corrected chi connectivity index (χ1v) is 3.76. The maximum atomic E-state index is 10.9. The molecule has 0 radical (unpaired) electrons. The van der Waals surface area contributed by atoms with Gasteiger partial charge >= 0.3 is 17.7 Å². The van der Waals surface area contributed by atoms with Gasteiger partial charge in [-0.1, -0.05) is 6.58 Å². The molecule has 1 heterocycles. The first-order chi connectivity index (χ1) is 5.94. The van der Waals surface area contributed by atoms with Crippen LogP contribution in [0.15, 0.2) is 12.3 Å². The molecule has 1 saturated heterocycles. The number of carbonyl (C=O) groups is 2. The van der Waals surface area contributed by atoms with Crippen LogP contribution in [0.5, 0.6) is 0 Å². The summed E-state index contributed by atoms with van der Waals surface area (Å²) >= 11 is 0. The Hall–Kier alpha value is -1.52. The summed E-state index contributed by atoms with van der Waals surface area (Å²) in [7, 11) is 0. The average molecular weight is 186 g/mol. The molecule has 13 heavy (non-hydrogen) atoms. The van der Waals surface area contributed by atoms with Crippen molar-refractivity contribution >= 4 is 11.9 Å². The van der Waals surface area contributed by atoms with E-state index in [1.165, 1.54) is 6.92 Å². The van der Waals surface area contributed by atoms with Gasteiger partial charge in [-0.05, 0) is 0 Å². The Balaban J connectivity index is 2.89. The van der Waals surface area contributed by atoms with E-state index < -0.39 is 23.5 Å². The third-order valence-corrected chi connectivity index (χ3v) is 1.67. The van der Waals surface area contributed by atoms with Gasteiger partial charge in [0.05, 0.1) is 12.8 Å². The number of ether oxygens (including phenoxy) is 2. The molecule has 0 amide bonds. The lowest BCUT2D eigenvalue weighted by Gasteiger charge is -2.25. The van der Waals surface area contributed by atoms with Gasteiger partial charge in [-0.25, -0.2) is 0 Å². The topological polar surface area (TPSA) is 72.8 Å². The third-order valence-electron chi connectivity index (χ3n) is 1.67. The summed E-state index contributed by atoms with van der Waals surface area (Å²) in [5.41, 5.74) is 0. The van der Waals surface area contributed by atoms with Gasteiger partial charge in [0.15, 0.2) is 5.76 Å². The highest BCUT2D eigenvalue weighted by atomic mass is 16.7. The molecule has 1 rings (SSSR count). The normalized spacial score (nSPS) is 21.3. The van der Waals surface area contributed by atoms with Gasteiger partial charge in [0.25, 0.3) is 0 Å². The predicted molar refractivity (Wildman–Crippen MR) is 41.6 cm³/mol. The smallest absolute Gasteiger partial charge is 0.311 e. The summed E-state index contributed by atoms with van der Waals surface area (Å²) in [6.07, 6.45) is -0.0800. The second-order valence-electron chi connectivity index (χ2n) is 2.84. The molecule has 1 fully saturated rings. The zero-order chi connectivity index (χ0) is 10.1. The SMILES string of the molecule is C=C(O)C1(C)OC(=O)CCC(=O)O1. The van der Waals surface area contributed by atoms with Crippen LogP contribution in [0.1, 0.15) is 19.8 Å². The molecular formula is C8H10O5. The fourth-order valence-electron chi connectivity index (χ4n) is 0.879. The Kier molecular flexibility index (Phi) is 2.27. The van der Waals surface area contributed by atoms with E-state index in [0.717, 1.165) is 0 Å². The molecule has 0 aliphatic carbocycles. The van der Waals surface area contributed by atoms with E-state index in [0.29, 0.717) is 0 Å². The van der Waals surface area contributed by atoms with Crippen molar-refractivity contribution in [1.82, 2.24) is 0 Å². The van der Waals surface area contributed by atoms with Crippen LogP contribution in [-0.4, -0.2) is 22.8 Å². The van der Waals surface area contributed by atoms with Gasteiger partial charge in [-0.15, -0.1) is 0 Å². The number of hydrogen-bond donors (Lipinski definition) is 1. The highest BCUT2D eigenvalue weighted by molar-refractivity contribution is 5.80. The van der Waals surface area contributed by atoms with E-state index in [-0.39, 0.29) is 12.8 Å². The van der Waals surface area contributed by atoms with E-state index in [1.54, 1.807) is 0 Å². The van der Waals surface area contributed by atoms with Crippen molar-refractivity contribution in [3.8, 4) is 0 Å². The van der Waals surface area contributed by atoms with Gasteiger partial charge in [-0.2, -0.15) is 0 Å². The molecule has 0 bridgehead atoms. The standard InChI is InChI=1S/C8H10O5/c1-5(9)8(2)12-6(10)3-4-7(11)13-8/h9H,1,3-4H2,2H3. The van der Waals surface area contributed by atoms with Gasteiger partial charge in [0.1, 0.15) is 0 Å². The van der Waals surface area contributed by atoms with E-state index in [4.69, 9.17) is 14.6 Å². The van der Waals surface area contributed by atoms with Crippen LogP contribution in [0.4, 0.5) is 0 Å². The molecule has 0 saturated carbocycles. The Labute approximate surface area is 74.9 Å². The van der Waals surface area contributed by atoms with Crippen molar-refractivity contribution in [2.75, 3.05) is 0 Å². The molecule has 0 aromatic rings. The Morgan fingerprint density at radius 3 is 2.08 bits per heavy atom. The van der Waals surface area contributed by atoms with Gasteiger partial charge in [0, 0.05) is 6.92 Å². The molecule has 1 aliphatic heterocycles. The lowest BCUT2D eigenvalue weighted by atomic mass is 10.3. The molecule has 0 aromatic carbocycles. The van der Waals surface area contributed by atoms with Crippen molar-refractivity contribution < 1.29 is 24.2 Å². The minimum Gasteiger partial charge on any atom is -0.505 e. The number of cyclic esters (lactones) is 2. The van der Waals surface area contributed by atoms with Crippen LogP contribution < -0.4 is 0 Å². The van der Waals surface area contributed by atoms with E-state index in [1.807, 2.05) is 0 Å². The maximum absolute atomic E-state index is 10.9. The largest absolute Gasteiger partial charge is 0.505 e. The average Bonchev–Trinajstić information content (AvgIpc) is 2.11. The Morgan fingerprint density at radius 1 is 1.38 bits per heavy atom. The molecule has 0 atom stereocenters. The van der Waals surface area contributed by atoms with Crippen molar-refractivity contribution in [2.45, 2.75) is 25.6 Å². The minimum absolute atomic E-state index is 0.0400. The second-order valence-corrected chi connectivity index (χ2v) is 2.84. The summed E-state index contributed by atoms with van der Waals surface area (Å²) in [5.74, 6) is -3.42. The van der Waals surface area contributed by atoms with E-state index >= 15 is 0 Å². The van der Waals surface area contributed by atoms with Crippen molar-refractivity contribution in [2.24, 2.45) is 0 Å². The highest BCUT2D eigenvalue weighted by Crippen LogP contribution is 2.24. The maximum Gasteiger partial charge on any atom is 0.311 e. The first kappa shape index (κ1) is 9.57. The van der Waals surface area contributed by atoms with Crippen LogP contribution in [0.25, 0.3) is 0 Å². The van der Waals surface area contributed by atoms with Crippen LogP contribution in [0, 0.1) is 0 Å². The predicted octanol–water partition coefficient (Wildman–Crippen LogP) is 0.654. The Morgan fingerprint density at radius 2 is 1.77 bits per heavy atom. The van der Waals surface area contributed by atoms with Gasteiger partial charge < -0.3 is 14.6 Å². The van der Waals surface area contributed by atoms with Gasteiger partial charge in [0.2, 0.25) is 0 Å². The van der Waals surface area contributed by atoms with Crippen LogP contribution in [0.2, 0.25) is 0 Å². The lowest BCUT2D eigenvalue weighted by molar-refractivity contribution is -0.210. The molecule has 0 unspecified atom stereocenters. The molecule has 0 spiro atoms. The third kappa shape index (κ3) is 1.99. The van der Waals surface area contributed by atoms with Crippen molar-refractivity contribution in [1.29, 1.82) is 0 Å². The monoisotopic (exact) mass is 186 g/mol. The molecule has 1 aliphatic rings. The lowest BCUT2D eigenvalue weighted by Crippen LogP contribution is -2.36. The van der Waals surface area contributed by atoms with Crippen molar-refractivity contribution in [3.05, 3.63) is 12.3 Å². The number of aliphatic hydroxyl groups excluding tert-OH is 1. The number of esters is 2. The molecule has 72 valence electrons. The van der Waals surface area contributed by atoms with E-state index in [9.17, 15) is 9.59 Å². The number of carbonyl (C=O) groups excluding carboxylic acids is 2. The Bertz CT molecular complexity index is 250. The van der Waals surface area contributed by atoms with Crippen molar-refractivity contribution in [3.63, 3.8) is 0 Å². The van der Waals surface area contributed by atoms with E-state index in [2.05, 4.69) is 6.58 Å². The summed E-state index contributed by atoms with van der Waals surface area (Å²) in [4.78, 5) is 21.9. The van der Waals surface area contributed by atoms with Crippen LogP contribution in [-0.2, 0) is 19.1 Å². The zero-order valence-corrected chi connectivity index (χ0v) is 7.20. The summed E-state index contributed by atoms with van der Waals surface area (Å²) in [6, 6.07) is 0. The quantitative estimate of drug-likeness (QED) is 0.481. The molecule has 5 nitrogen and oxygen atoms in total. The summed E-state index contributed by atoms with van der Waals surface area (Å²) < 4.78 is 9.40. The summed E-state index contributed by atoms with van der Waals surface area (Å²) in [5, 5.41) is 9.05. The molecule has 5 heteroatoms. The fourth-order valence-corrected chi connectivity index (χ4v) is 0.879.